The first-order valence-electron chi connectivity index (χ1n) is 3.28. The van der Waals surface area contributed by atoms with Crippen molar-refractivity contribution in [1.29, 1.82) is 5.26 Å². The molecular formula is C8H5BrN2O2. The molecule has 0 bridgehead atoms. The molecule has 0 aliphatic carbocycles. The maximum absolute atomic E-state index is 10.6. The molecule has 0 spiro atoms. The number of nitriles is 1. The lowest BCUT2D eigenvalue weighted by atomic mass is 10.1. The van der Waals surface area contributed by atoms with Gasteiger partial charge in [0.05, 0.1) is 21.7 Å². The van der Waals surface area contributed by atoms with Crippen LogP contribution in [0.25, 0.3) is 0 Å². The molecule has 0 saturated heterocycles. The minimum atomic E-state index is -1.12. The van der Waals surface area contributed by atoms with Crippen molar-refractivity contribution in [3.8, 4) is 6.07 Å². The highest BCUT2D eigenvalue weighted by Gasteiger charge is 2.12. The molecule has 0 amide bonds. The van der Waals surface area contributed by atoms with Crippen LogP contribution in [0.2, 0.25) is 0 Å². The zero-order chi connectivity index (χ0) is 10.0. The number of anilines is 1. The van der Waals surface area contributed by atoms with E-state index in [0.717, 1.165) is 0 Å². The largest absolute Gasteiger partial charge is 0.478 e. The molecule has 5 heteroatoms. The van der Waals surface area contributed by atoms with E-state index in [-0.39, 0.29) is 16.8 Å². The molecule has 0 heterocycles. The number of benzene rings is 1. The minimum absolute atomic E-state index is 0.00319. The van der Waals surface area contributed by atoms with Crippen molar-refractivity contribution in [1.82, 2.24) is 0 Å². The van der Waals surface area contributed by atoms with E-state index in [1.165, 1.54) is 12.1 Å². The van der Waals surface area contributed by atoms with E-state index in [9.17, 15) is 4.79 Å². The van der Waals surface area contributed by atoms with Crippen molar-refractivity contribution in [3.05, 3.63) is 27.7 Å². The van der Waals surface area contributed by atoms with Gasteiger partial charge in [0.25, 0.3) is 0 Å². The Hall–Kier alpha value is -1.54. The van der Waals surface area contributed by atoms with Gasteiger partial charge in [0.15, 0.2) is 0 Å². The predicted octanol–water partition coefficient (Wildman–Crippen LogP) is 1.60. The Balaban J connectivity index is 3.44. The lowest BCUT2D eigenvalue weighted by Gasteiger charge is -2.02. The summed E-state index contributed by atoms with van der Waals surface area (Å²) in [5.74, 6) is -1.12. The van der Waals surface area contributed by atoms with E-state index in [1.54, 1.807) is 0 Å². The molecular weight excluding hydrogens is 236 g/mol. The van der Waals surface area contributed by atoms with Crippen molar-refractivity contribution in [3.63, 3.8) is 0 Å². The molecule has 0 aromatic heterocycles. The Morgan fingerprint density at radius 3 is 2.69 bits per heavy atom. The minimum Gasteiger partial charge on any atom is -0.478 e. The van der Waals surface area contributed by atoms with E-state index < -0.39 is 5.97 Å². The fraction of sp³-hybridized carbons (Fsp3) is 0. The highest BCUT2D eigenvalue weighted by atomic mass is 79.9. The Morgan fingerprint density at radius 1 is 1.62 bits per heavy atom. The third kappa shape index (κ3) is 1.79. The number of hydrogen-bond acceptors (Lipinski definition) is 3. The number of carbonyl (C=O) groups is 1. The molecule has 0 saturated carbocycles. The van der Waals surface area contributed by atoms with Crippen molar-refractivity contribution in [2.45, 2.75) is 0 Å². The maximum Gasteiger partial charge on any atom is 0.336 e. The van der Waals surface area contributed by atoms with Crippen LogP contribution in [0.1, 0.15) is 15.9 Å². The number of carboxylic acids is 1. The van der Waals surface area contributed by atoms with Crippen LogP contribution in [0.5, 0.6) is 0 Å². The first-order chi connectivity index (χ1) is 6.06. The van der Waals surface area contributed by atoms with Gasteiger partial charge in [-0.25, -0.2) is 4.79 Å². The first kappa shape index (κ1) is 9.55. The fourth-order valence-electron chi connectivity index (χ4n) is 0.867. The zero-order valence-corrected chi connectivity index (χ0v) is 8.00. The Bertz CT molecular complexity index is 409. The molecule has 0 aliphatic heterocycles. The highest BCUT2D eigenvalue weighted by molar-refractivity contribution is 9.10. The average molecular weight is 241 g/mol. The van der Waals surface area contributed by atoms with Crippen LogP contribution in [0.15, 0.2) is 16.6 Å². The summed E-state index contributed by atoms with van der Waals surface area (Å²) in [6.07, 6.45) is 0. The summed E-state index contributed by atoms with van der Waals surface area (Å²) in [4.78, 5) is 10.6. The summed E-state index contributed by atoms with van der Waals surface area (Å²) in [5.41, 5.74) is 5.95. The third-order valence-corrected chi connectivity index (χ3v) is 2.35. The monoisotopic (exact) mass is 240 g/mol. The molecule has 0 unspecified atom stereocenters. The summed E-state index contributed by atoms with van der Waals surface area (Å²) >= 11 is 3.03. The third-order valence-electron chi connectivity index (χ3n) is 1.46. The van der Waals surface area contributed by atoms with Gasteiger partial charge in [0, 0.05) is 5.69 Å². The summed E-state index contributed by atoms with van der Waals surface area (Å²) in [6.45, 7) is 0. The summed E-state index contributed by atoms with van der Waals surface area (Å²) in [5, 5.41) is 17.3. The molecule has 66 valence electrons. The van der Waals surface area contributed by atoms with Gasteiger partial charge in [-0.1, -0.05) is 0 Å². The van der Waals surface area contributed by atoms with Crippen molar-refractivity contribution >= 4 is 27.6 Å². The van der Waals surface area contributed by atoms with Crippen LogP contribution in [0.4, 0.5) is 5.69 Å². The molecule has 1 rings (SSSR count). The number of carboxylic acid groups (broad SMARTS) is 1. The molecule has 1 aromatic rings. The van der Waals surface area contributed by atoms with Gasteiger partial charge >= 0.3 is 5.97 Å². The number of rotatable bonds is 1. The number of aromatic carboxylic acids is 1. The second-order valence-electron chi connectivity index (χ2n) is 2.34. The molecule has 4 nitrogen and oxygen atoms in total. The van der Waals surface area contributed by atoms with Crippen LogP contribution in [-0.4, -0.2) is 11.1 Å². The van der Waals surface area contributed by atoms with Gasteiger partial charge in [-0.15, -0.1) is 0 Å². The fourth-order valence-corrected chi connectivity index (χ4v) is 1.27. The topological polar surface area (TPSA) is 87.1 Å². The first-order valence-corrected chi connectivity index (χ1v) is 4.08. The second-order valence-corrected chi connectivity index (χ2v) is 3.14. The maximum atomic E-state index is 10.6. The van der Waals surface area contributed by atoms with E-state index in [4.69, 9.17) is 16.1 Å². The Labute approximate surface area is 82.7 Å². The van der Waals surface area contributed by atoms with Gasteiger partial charge in [-0.3, -0.25) is 0 Å². The van der Waals surface area contributed by atoms with Gasteiger partial charge in [-0.05, 0) is 28.1 Å². The summed E-state index contributed by atoms with van der Waals surface area (Å²) < 4.78 is 0.305. The van der Waals surface area contributed by atoms with Crippen LogP contribution in [-0.2, 0) is 0 Å². The zero-order valence-electron chi connectivity index (χ0n) is 6.41. The molecule has 1 aromatic carbocycles. The lowest BCUT2D eigenvalue weighted by Crippen LogP contribution is -2.01. The lowest BCUT2D eigenvalue weighted by molar-refractivity contribution is 0.0696. The number of nitrogens with two attached hydrogens (primary N) is 1. The van der Waals surface area contributed by atoms with Gasteiger partial charge in [-0.2, -0.15) is 5.26 Å². The van der Waals surface area contributed by atoms with Crippen LogP contribution in [0.3, 0.4) is 0 Å². The molecule has 0 radical (unpaired) electrons. The Kier molecular flexibility index (Phi) is 2.54. The quantitative estimate of drug-likeness (QED) is 0.731. The average Bonchev–Trinajstić information content (AvgIpc) is 2.09. The number of hydrogen-bond donors (Lipinski definition) is 2. The van der Waals surface area contributed by atoms with E-state index >= 15 is 0 Å². The van der Waals surface area contributed by atoms with Crippen molar-refractivity contribution < 1.29 is 9.90 Å². The summed E-state index contributed by atoms with van der Waals surface area (Å²) in [7, 11) is 0. The van der Waals surface area contributed by atoms with Crippen molar-refractivity contribution in [2.75, 3.05) is 5.73 Å². The standard InChI is InChI=1S/C8H5BrN2O2/c9-7-5(8(12)13)1-4(3-10)2-6(7)11/h1-2H,11H2,(H,12,13). The van der Waals surface area contributed by atoms with Crippen LogP contribution < -0.4 is 5.73 Å². The van der Waals surface area contributed by atoms with E-state index in [0.29, 0.717) is 4.47 Å². The summed E-state index contributed by atoms with van der Waals surface area (Å²) in [6, 6.07) is 4.51. The van der Waals surface area contributed by atoms with E-state index in [2.05, 4.69) is 15.9 Å². The molecule has 0 atom stereocenters. The van der Waals surface area contributed by atoms with Gasteiger partial charge in [0.2, 0.25) is 0 Å². The molecule has 0 fully saturated rings. The highest BCUT2D eigenvalue weighted by Crippen LogP contribution is 2.25. The van der Waals surface area contributed by atoms with Gasteiger partial charge < -0.3 is 10.8 Å². The number of halogens is 1. The van der Waals surface area contributed by atoms with Crippen LogP contribution >= 0.6 is 15.9 Å². The second kappa shape index (κ2) is 3.46. The van der Waals surface area contributed by atoms with E-state index in [1.807, 2.05) is 6.07 Å². The Morgan fingerprint density at radius 2 is 2.23 bits per heavy atom. The number of nitrogen functional groups attached to an aromatic ring is 1. The SMILES string of the molecule is N#Cc1cc(N)c(Br)c(C(=O)O)c1. The van der Waals surface area contributed by atoms with Gasteiger partial charge in [0.1, 0.15) is 0 Å². The predicted molar refractivity (Wildman–Crippen MR) is 50.2 cm³/mol. The molecule has 3 N–H and O–H groups in total. The molecule has 13 heavy (non-hydrogen) atoms. The number of nitrogens with zero attached hydrogens (tertiary/aromatic N) is 1. The smallest absolute Gasteiger partial charge is 0.336 e. The van der Waals surface area contributed by atoms with Crippen molar-refractivity contribution in [2.24, 2.45) is 0 Å². The molecule has 0 aliphatic rings. The normalized spacial score (nSPS) is 9.23. The van der Waals surface area contributed by atoms with Crippen LogP contribution in [0, 0.1) is 11.3 Å².